The number of hydrogen-bond acceptors (Lipinski definition) is 2. The van der Waals surface area contributed by atoms with Crippen molar-refractivity contribution in [3.63, 3.8) is 0 Å². The Hall–Kier alpha value is -1.75. The molecule has 1 atom stereocenters. The summed E-state index contributed by atoms with van der Waals surface area (Å²) in [6.07, 6.45) is 1.85. The van der Waals surface area contributed by atoms with E-state index in [1.54, 1.807) is 6.07 Å². The fourth-order valence-corrected chi connectivity index (χ4v) is 1.34. The highest BCUT2D eigenvalue weighted by Gasteiger charge is 2.05. The van der Waals surface area contributed by atoms with Crippen molar-refractivity contribution in [2.75, 3.05) is 6.61 Å². The van der Waals surface area contributed by atoms with E-state index in [1.165, 1.54) is 0 Å². The predicted octanol–water partition coefficient (Wildman–Crippen LogP) is 3.25. The molecule has 0 N–H and O–H groups in total. The first kappa shape index (κ1) is 11.3. The Labute approximate surface area is 90.8 Å². The van der Waals surface area contributed by atoms with Gasteiger partial charge >= 0.3 is 0 Å². The minimum atomic E-state index is 0.234. The third-order valence-corrected chi connectivity index (χ3v) is 2.25. The molecule has 0 amide bonds. The van der Waals surface area contributed by atoms with Crippen LogP contribution in [0.15, 0.2) is 30.9 Å². The summed E-state index contributed by atoms with van der Waals surface area (Å²) < 4.78 is 5.40. The number of benzene rings is 1. The lowest BCUT2D eigenvalue weighted by atomic mass is 9.99. The molecule has 15 heavy (non-hydrogen) atoms. The summed E-state index contributed by atoms with van der Waals surface area (Å²) in [7, 11) is 0. The highest BCUT2D eigenvalue weighted by atomic mass is 16.5. The Morgan fingerprint density at radius 3 is 2.80 bits per heavy atom. The normalized spacial score (nSPS) is 11.5. The lowest BCUT2D eigenvalue weighted by molar-refractivity contribution is 0.339. The van der Waals surface area contributed by atoms with Gasteiger partial charge in [0, 0.05) is 0 Å². The molecule has 2 nitrogen and oxygen atoms in total. The van der Waals surface area contributed by atoms with Crippen LogP contribution in [0.2, 0.25) is 0 Å². The smallest absolute Gasteiger partial charge is 0.120 e. The number of rotatable bonds is 4. The van der Waals surface area contributed by atoms with Gasteiger partial charge in [-0.25, -0.2) is 0 Å². The number of hydrogen-bond donors (Lipinski definition) is 0. The quantitative estimate of drug-likeness (QED) is 0.700. The second-order valence-electron chi connectivity index (χ2n) is 3.36. The third kappa shape index (κ3) is 2.85. The first-order chi connectivity index (χ1) is 7.21. The molecule has 1 aromatic rings. The van der Waals surface area contributed by atoms with E-state index >= 15 is 0 Å². The average molecular weight is 201 g/mol. The Balaban J connectivity index is 3.12. The summed E-state index contributed by atoms with van der Waals surface area (Å²) in [6, 6.07) is 7.71. The van der Waals surface area contributed by atoms with Gasteiger partial charge in [-0.15, -0.1) is 6.58 Å². The van der Waals surface area contributed by atoms with Crippen LogP contribution in [-0.2, 0) is 0 Å². The lowest BCUT2D eigenvalue weighted by Gasteiger charge is -2.10. The molecule has 78 valence electrons. The monoisotopic (exact) mass is 201 g/mol. The van der Waals surface area contributed by atoms with E-state index < -0.39 is 0 Å². The SMILES string of the molecule is C=CC(C)c1cc(C#N)cc(OCC)c1. The topological polar surface area (TPSA) is 33.0 Å². The van der Waals surface area contributed by atoms with Crippen molar-refractivity contribution in [2.24, 2.45) is 0 Å². The zero-order valence-corrected chi connectivity index (χ0v) is 9.16. The van der Waals surface area contributed by atoms with Crippen molar-refractivity contribution in [1.82, 2.24) is 0 Å². The molecule has 1 unspecified atom stereocenters. The predicted molar refractivity (Wildman–Crippen MR) is 60.9 cm³/mol. The first-order valence-corrected chi connectivity index (χ1v) is 5.01. The van der Waals surface area contributed by atoms with Gasteiger partial charge in [0.15, 0.2) is 0 Å². The van der Waals surface area contributed by atoms with Crippen molar-refractivity contribution < 1.29 is 4.74 Å². The molecule has 1 rings (SSSR count). The van der Waals surface area contributed by atoms with E-state index in [2.05, 4.69) is 12.6 Å². The Kier molecular flexibility index (Phi) is 3.93. The van der Waals surface area contributed by atoms with Gasteiger partial charge in [-0.3, -0.25) is 0 Å². The minimum Gasteiger partial charge on any atom is -0.494 e. The zero-order chi connectivity index (χ0) is 11.3. The van der Waals surface area contributed by atoms with Gasteiger partial charge in [-0.1, -0.05) is 13.0 Å². The molecule has 0 heterocycles. The van der Waals surface area contributed by atoms with Crippen molar-refractivity contribution >= 4 is 0 Å². The summed E-state index contributed by atoms with van der Waals surface area (Å²) in [6.45, 7) is 8.32. The number of allylic oxidation sites excluding steroid dienone is 1. The molecular formula is C13H15NO. The fraction of sp³-hybridized carbons (Fsp3) is 0.308. The van der Waals surface area contributed by atoms with Gasteiger partial charge in [0.2, 0.25) is 0 Å². The Morgan fingerprint density at radius 2 is 2.27 bits per heavy atom. The minimum absolute atomic E-state index is 0.234. The maximum atomic E-state index is 8.88. The maximum absolute atomic E-state index is 8.88. The largest absolute Gasteiger partial charge is 0.494 e. The summed E-state index contributed by atoms with van der Waals surface area (Å²) in [4.78, 5) is 0. The van der Waals surface area contributed by atoms with Gasteiger partial charge in [-0.05, 0) is 36.6 Å². The van der Waals surface area contributed by atoms with Crippen LogP contribution < -0.4 is 4.74 Å². The van der Waals surface area contributed by atoms with E-state index in [9.17, 15) is 0 Å². The highest BCUT2D eigenvalue weighted by Crippen LogP contribution is 2.23. The molecule has 0 aliphatic rings. The number of nitriles is 1. The lowest BCUT2D eigenvalue weighted by Crippen LogP contribution is -1.96. The molecule has 1 aromatic carbocycles. The molecule has 0 spiro atoms. The second-order valence-corrected chi connectivity index (χ2v) is 3.36. The van der Waals surface area contributed by atoms with Crippen LogP contribution in [0, 0.1) is 11.3 Å². The summed E-state index contributed by atoms with van der Waals surface area (Å²) in [5.41, 5.74) is 1.69. The fourth-order valence-electron chi connectivity index (χ4n) is 1.34. The number of ether oxygens (including phenoxy) is 1. The van der Waals surface area contributed by atoms with Gasteiger partial charge < -0.3 is 4.74 Å². The van der Waals surface area contributed by atoms with E-state index in [1.807, 2.05) is 32.1 Å². The van der Waals surface area contributed by atoms with Crippen molar-refractivity contribution in [3.8, 4) is 11.8 Å². The summed E-state index contributed by atoms with van der Waals surface area (Å²) in [5, 5.41) is 8.88. The Morgan fingerprint density at radius 1 is 1.53 bits per heavy atom. The van der Waals surface area contributed by atoms with Crippen LogP contribution >= 0.6 is 0 Å². The summed E-state index contributed by atoms with van der Waals surface area (Å²) >= 11 is 0. The molecule has 0 bridgehead atoms. The molecule has 0 fully saturated rings. The average Bonchev–Trinajstić information content (AvgIpc) is 2.28. The van der Waals surface area contributed by atoms with Crippen molar-refractivity contribution in [2.45, 2.75) is 19.8 Å². The number of nitrogens with zero attached hydrogens (tertiary/aromatic N) is 1. The van der Waals surface area contributed by atoms with Gasteiger partial charge in [0.25, 0.3) is 0 Å². The van der Waals surface area contributed by atoms with Gasteiger partial charge in [-0.2, -0.15) is 5.26 Å². The maximum Gasteiger partial charge on any atom is 0.120 e. The molecule has 0 aliphatic heterocycles. The van der Waals surface area contributed by atoms with Gasteiger partial charge in [0.05, 0.1) is 18.2 Å². The van der Waals surface area contributed by atoms with Crippen LogP contribution in [0.1, 0.15) is 30.9 Å². The molecule has 0 aromatic heterocycles. The van der Waals surface area contributed by atoms with E-state index in [-0.39, 0.29) is 5.92 Å². The van der Waals surface area contributed by atoms with E-state index in [4.69, 9.17) is 10.00 Å². The van der Waals surface area contributed by atoms with E-state index in [0.29, 0.717) is 12.2 Å². The second kappa shape index (κ2) is 5.21. The van der Waals surface area contributed by atoms with Crippen LogP contribution in [0.4, 0.5) is 0 Å². The molecule has 0 aliphatic carbocycles. The standard InChI is InChI=1S/C13H15NO/c1-4-10(3)12-6-11(9-14)7-13(8-12)15-5-2/h4,6-8,10H,1,5H2,2-3H3. The molecule has 0 radical (unpaired) electrons. The van der Waals surface area contributed by atoms with Crippen LogP contribution in [0.5, 0.6) is 5.75 Å². The highest BCUT2D eigenvalue weighted by molar-refractivity contribution is 5.42. The molecule has 0 saturated heterocycles. The van der Waals surface area contributed by atoms with Crippen LogP contribution in [0.3, 0.4) is 0 Å². The Bertz CT molecular complexity index is 390. The van der Waals surface area contributed by atoms with Gasteiger partial charge in [0.1, 0.15) is 5.75 Å². The van der Waals surface area contributed by atoms with Crippen LogP contribution in [-0.4, -0.2) is 6.61 Å². The molecule has 0 saturated carbocycles. The van der Waals surface area contributed by atoms with Crippen LogP contribution in [0.25, 0.3) is 0 Å². The molecule has 2 heteroatoms. The van der Waals surface area contributed by atoms with E-state index in [0.717, 1.165) is 11.3 Å². The third-order valence-electron chi connectivity index (χ3n) is 2.25. The van der Waals surface area contributed by atoms with Crippen molar-refractivity contribution in [1.29, 1.82) is 5.26 Å². The first-order valence-electron chi connectivity index (χ1n) is 5.01. The molecular weight excluding hydrogens is 186 g/mol. The zero-order valence-electron chi connectivity index (χ0n) is 9.16. The summed E-state index contributed by atoms with van der Waals surface area (Å²) in [5.74, 6) is 0.984. The van der Waals surface area contributed by atoms with Crippen molar-refractivity contribution in [3.05, 3.63) is 42.0 Å².